The fraction of sp³-hybridized carbons (Fsp3) is 0.636. The summed E-state index contributed by atoms with van der Waals surface area (Å²) in [6.45, 7) is 5.25. The molecule has 1 saturated heterocycles. The lowest BCUT2D eigenvalue weighted by Gasteiger charge is -2.26. The Kier molecular flexibility index (Phi) is 3.56. The first-order valence-electron chi connectivity index (χ1n) is 5.75. The Morgan fingerprint density at radius 3 is 3.00 bits per heavy atom. The Bertz CT molecular complexity index is 356. The van der Waals surface area contributed by atoms with Crippen LogP contribution < -0.4 is 5.32 Å². The third-order valence-corrected chi connectivity index (χ3v) is 2.64. The number of amides is 1. The molecule has 1 aliphatic heterocycles. The molecule has 5 nitrogen and oxygen atoms in total. The van der Waals surface area contributed by atoms with Crippen molar-refractivity contribution >= 4 is 5.91 Å². The van der Waals surface area contributed by atoms with Gasteiger partial charge in [-0.1, -0.05) is 6.92 Å². The van der Waals surface area contributed by atoms with E-state index in [2.05, 4.69) is 17.2 Å². The molecule has 0 radical (unpaired) electrons. The molecule has 0 bridgehead atoms. The molecule has 1 aliphatic rings. The number of piperazine rings is 1. The number of aromatic nitrogens is 1. The molecule has 88 valence electrons. The Morgan fingerprint density at radius 2 is 2.31 bits per heavy atom. The first kappa shape index (κ1) is 11.1. The molecule has 0 aromatic carbocycles. The Morgan fingerprint density at radius 1 is 1.56 bits per heavy atom. The van der Waals surface area contributed by atoms with Crippen LogP contribution in [0, 0.1) is 0 Å². The van der Waals surface area contributed by atoms with Gasteiger partial charge in [0.2, 0.25) is 0 Å². The van der Waals surface area contributed by atoms with Crippen molar-refractivity contribution in [3.63, 3.8) is 0 Å². The van der Waals surface area contributed by atoms with E-state index in [0.29, 0.717) is 11.6 Å². The van der Waals surface area contributed by atoms with Crippen molar-refractivity contribution in [2.75, 3.05) is 26.2 Å². The zero-order valence-corrected chi connectivity index (χ0v) is 9.53. The Hall–Kier alpha value is -1.36. The highest BCUT2D eigenvalue weighted by atomic mass is 16.3. The van der Waals surface area contributed by atoms with E-state index in [4.69, 9.17) is 4.42 Å². The fourth-order valence-corrected chi connectivity index (χ4v) is 1.77. The summed E-state index contributed by atoms with van der Waals surface area (Å²) in [7, 11) is 0. The predicted molar refractivity (Wildman–Crippen MR) is 59.3 cm³/mol. The molecular formula is C11H17N3O2. The lowest BCUT2D eigenvalue weighted by Crippen LogP contribution is -2.46. The zero-order valence-electron chi connectivity index (χ0n) is 9.53. The van der Waals surface area contributed by atoms with Crippen LogP contribution in [0.2, 0.25) is 0 Å². The number of hydrogen-bond donors (Lipinski definition) is 1. The molecule has 1 aromatic rings. The summed E-state index contributed by atoms with van der Waals surface area (Å²) >= 11 is 0. The van der Waals surface area contributed by atoms with Gasteiger partial charge in [0.15, 0.2) is 11.6 Å². The first-order chi connectivity index (χ1) is 7.81. The molecule has 1 N–H and O–H groups in total. The summed E-state index contributed by atoms with van der Waals surface area (Å²) < 4.78 is 5.24. The third-order valence-electron chi connectivity index (χ3n) is 2.64. The normalized spacial score (nSPS) is 16.4. The van der Waals surface area contributed by atoms with Gasteiger partial charge in [-0.3, -0.25) is 4.79 Å². The lowest BCUT2D eigenvalue weighted by atomic mass is 10.3. The van der Waals surface area contributed by atoms with E-state index in [1.54, 1.807) is 0 Å². The monoisotopic (exact) mass is 223 g/mol. The van der Waals surface area contributed by atoms with Crippen molar-refractivity contribution in [3.05, 3.63) is 17.8 Å². The number of nitrogens with one attached hydrogen (secondary N) is 1. The molecule has 2 rings (SSSR count). The molecule has 1 fully saturated rings. The Labute approximate surface area is 94.8 Å². The van der Waals surface area contributed by atoms with Crippen LogP contribution in [0.1, 0.15) is 29.7 Å². The van der Waals surface area contributed by atoms with Crippen LogP contribution in [0.15, 0.2) is 10.7 Å². The second-order valence-corrected chi connectivity index (χ2v) is 3.92. The average Bonchev–Trinajstić information content (AvgIpc) is 2.78. The number of rotatable bonds is 3. The minimum absolute atomic E-state index is 0.0207. The molecule has 0 saturated carbocycles. The van der Waals surface area contributed by atoms with E-state index in [1.807, 2.05) is 4.90 Å². The van der Waals surface area contributed by atoms with E-state index in [-0.39, 0.29) is 5.91 Å². The molecule has 16 heavy (non-hydrogen) atoms. The molecule has 2 heterocycles. The second-order valence-electron chi connectivity index (χ2n) is 3.92. The van der Waals surface area contributed by atoms with E-state index in [0.717, 1.165) is 39.0 Å². The summed E-state index contributed by atoms with van der Waals surface area (Å²) in [4.78, 5) is 18.0. The van der Waals surface area contributed by atoms with Gasteiger partial charge in [-0.25, -0.2) is 4.98 Å². The molecule has 5 heteroatoms. The van der Waals surface area contributed by atoms with Crippen LogP contribution >= 0.6 is 0 Å². The number of nitrogens with zero attached hydrogens (tertiary/aromatic N) is 2. The van der Waals surface area contributed by atoms with E-state index >= 15 is 0 Å². The summed E-state index contributed by atoms with van der Waals surface area (Å²) in [5.41, 5.74) is 0.436. The van der Waals surface area contributed by atoms with Gasteiger partial charge in [0.05, 0.1) is 0 Å². The molecule has 0 spiro atoms. The zero-order chi connectivity index (χ0) is 11.4. The van der Waals surface area contributed by atoms with Gasteiger partial charge in [0.25, 0.3) is 5.91 Å². The number of oxazole rings is 1. The molecular weight excluding hydrogens is 206 g/mol. The van der Waals surface area contributed by atoms with Gasteiger partial charge >= 0.3 is 0 Å². The summed E-state index contributed by atoms with van der Waals surface area (Å²) in [5, 5.41) is 3.21. The van der Waals surface area contributed by atoms with E-state index < -0.39 is 0 Å². The van der Waals surface area contributed by atoms with Crippen molar-refractivity contribution in [1.29, 1.82) is 0 Å². The van der Waals surface area contributed by atoms with Crippen LogP contribution in [0.5, 0.6) is 0 Å². The number of aryl methyl sites for hydroxylation is 1. The van der Waals surface area contributed by atoms with Crippen molar-refractivity contribution in [2.24, 2.45) is 0 Å². The smallest absolute Gasteiger partial charge is 0.275 e. The van der Waals surface area contributed by atoms with Gasteiger partial charge in [0.1, 0.15) is 6.26 Å². The standard InChI is InChI=1S/C11H17N3O2/c1-2-3-10-13-9(8-16-10)11(15)14-6-4-12-5-7-14/h8,12H,2-7H2,1H3. The minimum Gasteiger partial charge on any atom is -0.448 e. The average molecular weight is 223 g/mol. The highest BCUT2D eigenvalue weighted by molar-refractivity contribution is 5.92. The quantitative estimate of drug-likeness (QED) is 0.818. The van der Waals surface area contributed by atoms with Crippen molar-refractivity contribution < 1.29 is 9.21 Å². The van der Waals surface area contributed by atoms with Gasteiger partial charge in [-0.05, 0) is 6.42 Å². The lowest BCUT2D eigenvalue weighted by molar-refractivity contribution is 0.0730. The second kappa shape index (κ2) is 5.12. The molecule has 1 amide bonds. The maximum atomic E-state index is 12.0. The van der Waals surface area contributed by atoms with E-state index in [9.17, 15) is 4.79 Å². The summed E-state index contributed by atoms with van der Waals surface area (Å²) in [5.74, 6) is 0.633. The largest absolute Gasteiger partial charge is 0.448 e. The maximum absolute atomic E-state index is 12.0. The van der Waals surface area contributed by atoms with E-state index in [1.165, 1.54) is 6.26 Å². The minimum atomic E-state index is -0.0207. The highest BCUT2D eigenvalue weighted by Crippen LogP contribution is 2.08. The van der Waals surface area contributed by atoms with Crippen LogP contribution in [0.3, 0.4) is 0 Å². The molecule has 0 aliphatic carbocycles. The van der Waals surface area contributed by atoms with Crippen molar-refractivity contribution in [3.8, 4) is 0 Å². The van der Waals surface area contributed by atoms with Crippen LogP contribution in [-0.4, -0.2) is 42.0 Å². The predicted octanol–water partition coefficient (Wildman–Crippen LogP) is 0.672. The SMILES string of the molecule is CCCc1nc(C(=O)N2CCNCC2)co1. The highest BCUT2D eigenvalue weighted by Gasteiger charge is 2.20. The summed E-state index contributed by atoms with van der Waals surface area (Å²) in [6.07, 6.45) is 3.23. The van der Waals surface area contributed by atoms with Crippen LogP contribution in [0.25, 0.3) is 0 Å². The van der Waals surface area contributed by atoms with Gasteiger partial charge in [-0.2, -0.15) is 0 Å². The van der Waals surface area contributed by atoms with Crippen molar-refractivity contribution in [2.45, 2.75) is 19.8 Å². The third kappa shape index (κ3) is 2.41. The van der Waals surface area contributed by atoms with Gasteiger partial charge in [-0.15, -0.1) is 0 Å². The van der Waals surface area contributed by atoms with Crippen LogP contribution in [-0.2, 0) is 6.42 Å². The maximum Gasteiger partial charge on any atom is 0.275 e. The van der Waals surface area contributed by atoms with Gasteiger partial charge in [0, 0.05) is 32.6 Å². The molecule has 1 aromatic heterocycles. The molecule has 0 atom stereocenters. The Balaban J connectivity index is 2.01. The fourth-order valence-electron chi connectivity index (χ4n) is 1.77. The summed E-state index contributed by atoms with van der Waals surface area (Å²) in [6, 6.07) is 0. The number of carbonyl (C=O) groups excluding carboxylic acids is 1. The number of hydrogen-bond acceptors (Lipinski definition) is 4. The topological polar surface area (TPSA) is 58.4 Å². The number of carbonyl (C=O) groups is 1. The van der Waals surface area contributed by atoms with Crippen molar-refractivity contribution in [1.82, 2.24) is 15.2 Å². The first-order valence-corrected chi connectivity index (χ1v) is 5.75. The van der Waals surface area contributed by atoms with Crippen LogP contribution in [0.4, 0.5) is 0 Å². The molecule has 0 unspecified atom stereocenters. The van der Waals surface area contributed by atoms with Gasteiger partial charge < -0.3 is 14.6 Å².